The molecule has 1 aliphatic heterocycles. The van der Waals surface area contributed by atoms with Crippen molar-refractivity contribution >= 4 is 5.97 Å². The van der Waals surface area contributed by atoms with Crippen LogP contribution in [0.15, 0.2) is 18.2 Å². The highest BCUT2D eigenvalue weighted by molar-refractivity contribution is 5.89. The maximum atomic E-state index is 11.8. The van der Waals surface area contributed by atoms with Gasteiger partial charge in [0.1, 0.15) is 0 Å². The Labute approximate surface area is 127 Å². The molecule has 1 aromatic carbocycles. The van der Waals surface area contributed by atoms with Gasteiger partial charge in [0.25, 0.3) is 0 Å². The van der Waals surface area contributed by atoms with Gasteiger partial charge in [-0.05, 0) is 43.7 Å². The van der Waals surface area contributed by atoms with Gasteiger partial charge >= 0.3 is 5.97 Å². The van der Waals surface area contributed by atoms with Crippen LogP contribution >= 0.6 is 0 Å². The number of carbonyl (C=O) groups is 1. The van der Waals surface area contributed by atoms with Gasteiger partial charge in [0.15, 0.2) is 0 Å². The molecule has 0 N–H and O–H groups in total. The van der Waals surface area contributed by atoms with Crippen LogP contribution in [0.2, 0.25) is 0 Å². The number of benzene rings is 1. The maximum absolute atomic E-state index is 11.8. The van der Waals surface area contributed by atoms with E-state index in [0.717, 1.165) is 39.1 Å². The molecule has 0 saturated carbocycles. The summed E-state index contributed by atoms with van der Waals surface area (Å²) in [5, 5.41) is 0. The van der Waals surface area contributed by atoms with Crippen molar-refractivity contribution in [3.63, 3.8) is 0 Å². The number of rotatable bonds is 5. The lowest BCUT2D eigenvalue weighted by Gasteiger charge is -2.32. The van der Waals surface area contributed by atoms with Gasteiger partial charge in [0, 0.05) is 32.7 Å². The van der Waals surface area contributed by atoms with E-state index in [2.05, 4.69) is 29.8 Å². The average Bonchev–Trinajstić information content (AvgIpc) is 2.50. The van der Waals surface area contributed by atoms with Crippen LogP contribution in [0.3, 0.4) is 0 Å². The first-order valence-electron chi connectivity index (χ1n) is 7.83. The minimum atomic E-state index is -0.224. The first-order chi connectivity index (χ1) is 10.1. The highest BCUT2D eigenvalue weighted by Crippen LogP contribution is 2.17. The quantitative estimate of drug-likeness (QED) is 0.778. The summed E-state index contributed by atoms with van der Waals surface area (Å²) in [5.74, 6) is -0.224. The van der Waals surface area contributed by atoms with Gasteiger partial charge in [-0.2, -0.15) is 0 Å². The molecule has 1 aliphatic rings. The largest absolute Gasteiger partial charge is 0.462 e. The van der Waals surface area contributed by atoms with Gasteiger partial charge in [-0.3, -0.25) is 4.90 Å². The molecule has 1 heterocycles. The molecule has 21 heavy (non-hydrogen) atoms. The van der Waals surface area contributed by atoms with Crippen LogP contribution in [0.25, 0.3) is 0 Å². The first kappa shape index (κ1) is 16.0. The Bertz CT molecular complexity index is 480. The summed E-state index contributed by atoms with van der Waals surface area (Å²) >= 11 is 0. The fourth-order valence-corrected chi connectivity index (χ4v) is 2.70. The molecule has 1 saturated heterocycles. The van der Waals surface area contributed by atoms with Crippen LogP contribution in [0.4, 0.5) is 0 Å². The third-order valence-electron chi connectivity index (χ3n) is 4.09. The number of carbonyl (C=O) groups excluding carboxylic acids is 1. The number of esters is 1. The number of nitrogens with zero attached hydrogens (tertiary/aromatic N) is 2. The number of piperazine rings is 1. The van der Waals surface area contributed by atoms with Crippen molar-refractivity contribution < 1.29 is 9.53 Å². The second-order valence-corrected chi connectivity index (χ2v) is 5.64. The van der Waals surface area contributed by atoms with Crippen molar-refractivity contribution in [3.05, 3.63) is 34.9 Å². The van der Waals surface area contributed by atoms with E-state index in [4.69, 9.17) is 4.74 Å². The van der Waals surface area contributed by atoms with Crippen LogP contribution < -0.4 is 0 Å². The molecular weight excluding hydrogens is 264 g/mol. The summed E-state index contributed by atoms with van der Waals surface area (Å²) in [6.07, 6.45) is 0.941. The molecule has 0 amide bonds. The molecule has 0 spiro atoms. The zero-order chi connectivity index (χ0) is 15.2. The summed E-state index contributed by atoms with van der Waals surface area (Å²) in [7, 11) is 2.17. The molecule has 0 unspecified atom stereocenters. The van der Waals surface area contributed by atoms with Crippen LogP contribution in [-0.2, 0) is 17.7 Å². The molecule has 0 bridgehead atoms. The molecule has 1 aromatic rings. The first-order valence-corrected chi connectivity index (χ1v) is 7.83. The summed E-state index contributed by atoms with van der Waals surface area (Å²) < 4.78 is 5.07. The molecule has 2 rings (SSSR count). The minimum absolute atomic E-state index is 0.224. The Hall–Kier alpha value is -1.39. The van der Waals surface area contributed by atoms with Gasteiger partial charge in [-0.15, -0.1) is 0 Å². The van der Waals surface area contributed by atoms with E-state index in [9.17, 15) is 4.79 Å². The Balaban J connectivity index is 2.07. The number of likely N-dealkylation sites (N-methyl/N-ethyl adjacent to an activating group) is 1. The van der Waals surface area contributed by atoms with Crippen LogP contribution in [0, 0.1) is 0 Å². The number of aryl methyl sites for hydroxylation is 1. The third kappa shape index (κ3) is 4.29. The highest BCUT2D eigenvalue weighted by atomic mass is 16.5. The van der Waals surface area contributed by atoms with E-state index in [0.29, 0.717) is 12.2 Å². The van der Waals surface area contributed by atoms with Crippen molar-refractivity contribution in [2.24, 2.45) is 0 Å². The fourth-order valence-electron chi connectivity index (χ4n) is 2.70. The third-order valence-corrected chi connectivity index (χ3v) is 4.09. The van der Waals surface area contributed by atoms with Gasteiger partial charge < -0.3 is 9.64 Å². The molecular formula is C17H26N2O2. The molecule has 0 aromatic heterocycles. The molecule has 116 valence electrons. The van der Waals surface area contributed by atoms with Gasteiger partial charge in [-0.1, -0.05) is 13.0 Å². The highest BCUT2D eigenvalue weighted by Gasteiger charge is 2.16. The van der Waals surface area contributed by atoms with Gasteiger partial charge in [-0.25, -0.2) is 4.79 Å². The standard InChI is InChI=1S/C17H26N2O2/c1-4-14-12-15(17(20)21-5-2)6-7-16(14)13-19-10-8-18(3)9-11-19/h6-7,12H,4-5,8-11,13H2,1-3H3. The van der Waals surface area contributed by atoms with Gasteiger partial charge in [0.2, 0.25) is 0 Å². The Kier molecular flexibility index (Phi) is 5.76. The summed E-state index contributed by atoms with van der Waals surface area (Å²) in [6.45, 7) is 9.84. The molecule has 4 nitrogen and oxygen atoms in total. The van der Waals surface area contributed by atoms with Crippen LogP contribution in [0.1, 0.15) is 35.3 Å². The second kappa shape index (κ2) is 7.57. The van der Waals surface area contributed by atoms with Crippen molar-refractivity contribution in [2.75, 3.05) is 39.8 Å². The lowest BCUT2D eigenvalue weighted by molar-refractivity contribution is 0.0526. The summed E-state index contributed by atoms with van der Waals surface area (Å²) in [4.78, 5) is 16.7. The van der Waals surface area contributed by atoms with Crippen molar-refractivity contribution in [1.29, 1.82) is 0 Å². The lowest BCUT2D eigenvalue weighted by atomic mass is 10.0. The van der Waals surface area contributed by atoms with E-state index in [-0.39, 0.29) is 5.97 Å². The fraction of sp³-hybridized carbons (Fsp3) is 0.588. The Morgan fingerprint density at radius 3 is 2.48 bits per heavy atom. The van der Waals surface area contributed by atoms with Crippen LogP contribution in [0.5, 0.6) is 0 Å². The Morgan fingerprint density at radius 1 is 1.14 bits per heavy atom. The maximum Gasteiger partial charge on any atom is 0.338 e. The Morgan fingerprint density at radius 2 is 1.86 bits per heavy atom. The molecule has 0 atom stereocenters. The summed E-state index contributed by atoms with van der Waals surface area (Å²) in [5.41, 5.74) is 3.24. The topological polar surface area (TPSA) is 32.8 Å². The lowest BCUT2D eigenvalue weighted by Crippen LogP contribution is -2.44. The van der Waals surface area contributed by atoms with E-state index in [1.807, 2.05) is 19.1 Å². The SMILES string of the molecule is CCOC(=O)c1ccc(CN2CCN(C)CC2)c(CC)c1. The van der Waals surface area contributed by atoms with Crippen molar-refractivity contribution in [3.8, 4) is 0 Å². The molecule has 0 radical (unpaired) electrons. The minimum Gasteiger partial charge on any atom is -0.462 e. The second-order valence-electron chi connectivity index (χ2n) is 5.64. The number of ether oxygens (including phenoxy) is 1. The zero-order valence-electron chi connectivity index (χ0n) is 13.4. The zero-order valence-corrected chi connectivity index (χ0v) is 13.4. The van der Waals surface area contributed by atoms with E-state index in [1.54, 1.807) is 0 Å². The number of hydrogen-bond donors (Lipinski definition) is 0. The van der Waals surface area contributed by atoms with Gasteiger partial charge in [0.05, 0.1) is 12.2 Å². The number of hydrogen-bond acceptors (Lipinski definition) is 4. The van der Waals surface area contributed by atoms with Crippen molar-refractivity contribution in [1.82, 2.24) is 9.80 Å². The molecule has 1 fully saturated rings. The summed E-state index contributed by atoms with van der Waals surface area (Å²) in [6, 6.07) is 5.97. The monoisotopic (exact) mass is 290 g/mol. The van der Waals surface area contributed by atoms with Crippen LogP contribution in [-0.4, -0.2) is 55.6 Å². The predicted octanol–water partition coefficient (Wildman–Crippen LogP) is 2.17. The van der Waals surface area contributed by atoms with E-state index in [1.165, 1.54) is 11.1 Å². The average molecular weight is 290 g/mol. The van der Waals surface area contributed by atoms with E-state index < -0.39 is 0 Å². The smallest absolute Gasteiger partial charge is 0.338 e. The predicted molar refractivity (Wildman–Crippen MR) is 84.6 cm³/mol. The molecule has 0 aliphatic carbocycles. The normalized spacial score (nSPS) is 16.9. The van der Waals surface area contributed by atoms with E-state index >= 15 is 0 Å². The molecule has 4 heteroatoms. The van der Waals surface area contributed by atoms with Crippen molar-refractivity contribution in [2.45, 2.75) is 26.8 Å².